The molecule has 2 aromatic rings. The van der Waals surface area contributed by atoms with E-state index in [0.717, 1.165) is 0 Å². The summed E-state index contributed by atoms with van der Waals surface area (Å²) in [4.78, 5) is 50.3. The number of nitrogens with zero attached hydrogens (tertiary/aromatic N) is 2. The normalized spacial score (nSPS) is 15.2. The van der Waals surface area contributed by atoms with E-state index in [-0.39, 0.29) is 11.5 Å². The molecule has 0 aliphatic carbocycles. The van der Waals surface area contributed by atoms with Crippen LogP contribution in [-0.4, -0.2) is 39.4 Å². The second kappa shape index (κ2) is 6.10. The van der Waals surface area contributed by atoms with Crippen LogP contribution >= 0.6 is 0 Å². The topological polar surface area (TPSA) is 93.2 Å². The third-order valence-electron chi connectivity index (χ3n) is 4.17. The maximum Gasteiger partial charge on any atom is 0.272 e. The van der Waals surface area contributed by atoms with E-state index >= 15 is 0 Å². The van der Waals surface area contributed by atoms with Crippen molar-refractivity contribution in [3.8, 4) is 11.5 Å². The van der Waals surface area contributed by atoms with Crippen molar-refractivity contribution in [1.29, 1.82) is 0 Å². The third-order valence-corrected chi connectivity index (χ3v) is 4.17. The van der Waals surface area contributed by atoms with Crippen LogP contribution in [-0.2, 0) is 0 Å². The van der Waals surface area contributed by atoms with Gasteiger partial charge in [0.2, 0.25) is 0 Å². The Hall–Kier alpha value is -2.64. The molecule has 1 fully saturated rings. The van der Waals surface area contributed by atoms with Crippen molar-refractivity contribution < 1.29 is 9.47 Å². The van der Waals surface area contributed by atoms with E-state index in [0.29, 0.717) is 50.8 Å². The molecule has 0 radical (unpaired) electrons. The monoisotopic (exact) mass is 334 g/mol. The highest BCUT2D eigenvalue weighted by Crippen LogP contribution is 2.27. The van der Waals surface area contributed by atoms with Crippen LogP contribution in [0.25, 0.3) is 0 Å². The van der Waals surface area contributed by atoms with Crippen LogP contribution < -0.4 is 41.0 Å². The zero-order valence-corrected chi connectivity index (χ0v) is 13.6. The lowest BCUT2D eigenvalue weighted by molar-refractivity contribution is 0.331. The molecule has 0 aromatic heterocycles. The van der Waals surface area contributed by atoms with E-state index in [2.05, 4.69) is 0 Å². The van der Waals surface area contributed by atoms with Crippen molar-refractivity contribution in [3.05, 3.63) is 40.9 Å². The van der Waals surface area contributed by atoms with Crippen LogP contribution in [0.1, 0.15) is 13.8 Å². The summed E-state index contributed by atoms with van der Waals surface area (Å²) in [6.45, 7) is 5.95. The molecule has 0 spiro atoms. The van der Waals surface area contributed by atoms with Crippen LogP contribution in [0, 0.1) is 0 Å². The highest BCUT2D eigenvalue weighted by molar-refractivity contribution is 5.67. The van der Waals surface area contributed by atoms with E-state index in [1.807, 2.05) is 0 Å². The minimum absolute atomic E-state index is 0.125. The minimum Gasteiger partial charge on any atom is -0.488 e. The van der Waals surface area contributed by atoms with E-state index in [9.17, 15) is 19.2 Å². The summed E-state index contributed by atoms with van der Waals surface area (Å²) < 4.78 is 10.5. The molecular formula is C16H18N2O6. The van der Waals surface area contributed by atoms with Gasteiger partial charge in [0, 0.05) is 26.2 Å². The summed E-state index contributed by atoms with van der Waals surface area (Å²) in [7, 11) is 0. The van der Waals surface area contributed by atoms with Crippen LogP contribution in [0.15, 0.2) is 19.2 Å². The van der Waals surface area contributed by atoms with Gasteiger partial charge >= 0.3 is 0 Å². The number of rotatable bonds is 6. The number of anilines is 2. The molecule has 0 saturated carbocycles. The second-order valence-electron chi connectivity index (χ2n) is 5.51. The van der Waals surface area contributed by atoms with Crippen molar-refractivity contribution in [3.63, 3.8) is 0 Å². The summed E-state index contributed by atoms with van der Waals surface area (Å²) in [6.07, 6.45) is 0. The molecule has 0 bridgehead atoms. The average Bonchev–Trinajstić information content (AvgIpc) is 2.61. The maximum absolute atomic E-state index is 11.8. The van der Waals surface area contributed by atoms with Gasteiger partial charge in [-0.1, -0.05) is 0 Å². The van der Waals surface area contributed by atoms with Gasteiger partial charge in [-0.25, -0.2) is 0 Å². The zero-order valence-electron chi connectivity index (χ0n) is 13.6. The molecule has 0 amide bonds. The van der Waals surface area contributed by atoms with E-state index in [1.165, 1.54) is 0 Å². The molecule has 0 atom stereocenters. The molecule has 24 heavy (non-hydrogen) atoms. The predicted octanol–water partition coefficient (Wildman–Crippen LogP) is -0.997. The van der Waals surface area contributed by atoms with Gasteiger partial charge in [0.1, 0.15) is 11.4 Å². The Balaban J connectivity index is 1.74. The first-order valence-electron chi connectivity index (χ1n) is 7.93. The molecule has 8 nitrogen and oxygen atoms in total. The zero-order chi connectivity index (χ0) is 17.4. The largest absolute Gasteiger partial charge is 0.488 e. The Bertz CT molecular complexity index is 818. The van der Waals surface area contributed by atoms with Gasteiger partial charge in [-0.2, -0.15) is 0 Å². The van der Waals surface area contributed by atoms with Gasteiger partial charge in [0.25, 0.3) is 21.7 Å². The Kier molecular flexibility index (Phi) is 4.13. The van der Waals surface area contributed by atoms with Gasteiger partial charge < -0.3 is 19.3 Å². The summed E-state index contributed by atoms with van der Waals surface area (Å²) in [6, 6.07) is 0. The fourth-order valence-corrected chi connectivity index (χ4v) is 3.00. The fourth-order valence-electron chi connectivity index (χ4n) is 3.00. The fraction of sp³-hybridized carbons (Fsp3) is 0.500. The predicted molar refractivity (Wildman–Crippen MR) is 89.5 cm³/mol. The van der Waals surface area contributed by atoms with Crippen LogP contribution in [0.2, 0.25) is 0 Å². The van der Waals surface area contributed by atoms with Gasteiger partial charge in [0.05, 0.1) is 13.2 Å². The molecular weight excluding hydrogens is 316 g/mol. The van der Waals surface area contributed by atoms with Gasteiger partial charge in [0.15, 0.2) is 11.5 Å². The molecule has 8 heteroatoms. The van der Waals surface area contributed by atoms with Crippen molar-refractivity contribution in [2.45, 2.75) is 13.8 Å². The van der Waals surface area contributed by atoms with Crippen LogP contribution in [0.3, 0.4) is 0 Å². The highest BCUT2D eigenvalue weighted by Gasteiger charge is 2.33. The number of hydrogen-bond acceptors (Lipinski definition) is 8. The van der Waals surface area contributed by atoms with Gasteiger partial charge in [-0.05, 0) is 13.8 Å². The van der Waals surface area contributed by atoms with Crippen molar-refractivity contribution in [2.24, 2.45) is 0 Å². The Morgan fingerprint density at radius 1 is 0.667 bits per heavy atom. The minimum atomic E-state index is -0.588. The van der Waals surface area contributed by atoms with Crippen molar-refractivity contribution in [1.82, 2.24) is 0 Å². The third kappa shape index (κ3) is 2.29. The van der Waals surface area contributed by atoms with E-state index < -0.39 is 21.7 Å². The van der Waals surface area contributed by atoms with Gasteiger partial charge in [-0.15, -0.1) is 0 Å². The molecule has 128 valence electrons. The molecule has 1 heterocycles. The standard InChI is InChI=1S/C16H18N2O6/c1-3-23-15-9(11(19)13(15)21)17-5-7-18(8-6-17)10-12(20)14(22)16(10)24-4-2/h3-8H2,1-2H3. The van der Waals surface area contributed by atoms with Gasteiger partial charge in [-0.3, -0.25) is 19.2 Å². The molecule has 0 N–H and O–H groups in total. The molecule has 1 aliphatic rings. The average molecular weight is 334 g/mol. The lowest BCUT2D eigenvalue weighted by Gasteiger charge is -2.38. The summed E-state index contributed by atoms with van der Waals surface area (Å²) in [5, 5.41) is 0. The van der Waals surface area contributed by atoms with Crippen LogP contribution in [0.5, 0.6) is 11.5 Å². The molecule has 1 saturated heterocycles. The highest BCUT2D eigenvalue weighted by atomic mass is 16.5. The Morgan fingerprint density at radius 2 is 1.00 bits per heavy atom. The molecule has 3 rings (SSSR count). The Morgan fingerprint density at radius 3 is 1.29 bits per heavy atom. The first-order valence-corrected chi connectivity index (χ1v) is 7.93. The van der Waals surface area contributed by atoms with Crippen LogP contribution in [0.4, 0.5) is 11.4 Å². The summed E-state index contributed by atoms with van der Waals surface area (Å²) in [5.74, 6) is 0.250. The maximum atomic E-state index is 11.8. The summed E-state index contributed by atoms with van der Waals surface area (Å²) in [5.41, 5.74) is -1.61. The van der Waals surface area contributed by atoms with E-state index in [1.54, 1.807) is 23.6 Å². The molecule has 1 aliphatic heterocycles. The first-order chi connectivity index (χ1) is 11.5. The smallest absolute Gasteiger partial charge is 0.272 e. The number of piperazine rings is 1. The summed E-state index contributed by atoms with van der Waals surface area (Å²) >= 11 is 0. The lowest BCUT2D eigenvalue weighted by atomic mass is 10.1. The lowest BCUT2D eigenvalue weighted by Crippen LogP contribution is -2.54. The quantitative estimate of drug-likeness (QED) is 0.621. The van der Waals surface area contributed by atoms with E-state index in [4.69, 9.17) is 9.47 Å². The Labute approximate surface area is 137 Å². The van der Waals surface area contributed by atoms with Crippen molar-refractivity contribution in [2.75, 3.05) is 49.2 Å². The second-order valence-corrected chi connectivity index (χ2v) is 5.51. The number of hydrogen-bond donors (Lipinski definition) is 0. The molecule has 0 unspecified atom stereocenters. The molecule has 2 aromatic carbocycles. The SMILES string of the molecule is CCOc1c(N2CCN(c3c(OCC)c(=O)c3=O)CC2)c(=O)c1=O. The first kappa shape index (κ1) is 16.2. The van der Waals surface area contributed by atoms with Crippen molar-refractivity contribution >= 4 is 11.4 Å². The number of ether oxygens (including phenoxy) is 2.